The summed E-state index contributed by atoms with van der Waals surface area (Å²) in [5.74, 6) is 1.11. The Morgan fingerprint density at radius 3 is 2.47 bits per heavy atom. The molecule has 7 nitrogen and oxygen atoms in total. The number of nitrogens with zero attached hydrogens (tertiary/aromatic N) is 2. The standard InChI is InChI=1S/C26H23ClN4O3/c1-2-33-21-11-7-18(8-12-21)16-28-31-26(32)25-15-24(29-30-25)19-9-13-22(14-10-19)34-17-20-5-3-4-6-23(20)27/h3-16H,2,17H2,1H3,(H,29,30)(H,31,32)/b28-16-. The van der Waals surface area contributed by atoms with E-state index >= 15 is 0 Å². The van der Waals surface area contributed by atoms with Crippen LogP contribution in [0.5, 0.6) is 11.5 Å². The average Bonchev–Trinajstić information content (AvgIpc) is 3.36. The first kappa shape index (κ1) is 23.1. The van der Waals surface area contributed by atoms with E-state index in [1.165, 1.54) is 0 Å². The third-order valence-electron chi connectivity index (χ3n) is 4.90. The van der Waals surface area contributed by atoms with Gasteiger partial charge in [-0.1, -0.05) is 29.8 Å². The molecule has 0 aliphatic carbocycles. The van der Waals surface area contributed by atoms with Crippen molar-refractivity contribution in [2.75, 3.05) is 6.61 Å². The fourth-order valence-electron chi connectivity index (χ4n) is 3.13. The molecule has 4 rings (SSSR count). The molecule has 0 bridgehead atoms. The summed E-state index contributed by atoms with van der Waals surface area (Å²) in [5.41, 5.74) is 6.04. The molecule has 8 heteroatoms. The van der Waals surface area contributed by atoms with Crippen LogP contribution >= 0.6 is 11.6 Å². The van der Waals surface area contributed by atoms with Gasteiger partial charge in [-0.25, -0.2) is 5.43 Å². The van der Waals surface area contributed by atoms with Gasteiger partial charge < -0.3 is 9.47 Å². The number of ether oxygens (including phenoxy) is 2. The fraction of sp³-hybridized carbons (Fsp3) is 0.115. The summed E-state index contributed by atoms with van der Waals surface area (Å²) in [4.78, 5) is 12.4. The van der Waals surface area contributed by atoms with Crippen LogP contribution in [0.1, 0.15) is 28.5 Å². The zero-order valence-electron chi connectivity index (χ0n) is 18.5. The maximum absolute atomic E-state index is 12.4. The lowest BCUT2D eigenvalue weighted by Gasteiger charge is -2.08. The van der Waals surface area contributed by atoms with Crippen LogP contribution in [-0.4, -0.2) is 28.9 Å². The number of carbonyl (C=O) groups excluding carboxylic acids is 1. The largest absolute Gasteiger partial charge is 0.494 e. The summed E-state index contributed by atoms with van der Waals surface area (Å²) in [6, 6.07) is 24.1. The Morgan fingerprint density at radius 1 is 1.03 bits per heavy atom. The Hall–Kier alpha value is -4.10. The molecule has 3 aromatic carbocycles. The first-order valence-electron chi connectivity index (χ1n) is 10.7. The number of hydrogen-bond acceptors (Lipinski definition) is 5. The Morgan fingerprint density at radius 2 is 1.74 bits per heavy atom. The highest BCUT2D eigenvalue weighted by Gasteiger charge is 2.11. The molecule has 1 aromatic heterocycles. The van der Waals surface area contributed by atoms with Gasteiger partial charge in [0, 0.05) is 16.1 Å². The lowest BCUT2D eigenvalue weighted by atomic mass is 10.1. The second-order valence-electron chi connectivity index (χ2n) is 7.27. The lowest BCUT2D eigenvalue weighted by molar-refractivity contribution is 0.0950. The summed E-state index contributed by atoms with van der Waals surface area (Å²) < 4.78 is 11.2. The second-order valence-corrected chi connectivity index (χ2v) is 7.68. The molecule has 2 N–H and O–H groups in total. The van der Waals surface area contributed by atoms with Gasteiger partial charge in [0.05, 0.1) is 18.5 Å². The molecule has 0 aliphatic rings. The number of hydrazone groups is 1. The van der Waals surface area contributed by atoms with Gasteiger partial charge in [-0.3, -0.25) is 9.89 Å². The van der Waals surface area contributed by atoms with Crippen LogP contribution in [-0.2, 0) is 6.61 Å². The maximum Gasteiger partial charge on any atom is 0.289 e. The molecule has 0 spiro atoms. The van der Waals surface area contributed by atoms with Crippen molar-refractivity contribution in [2.24, 2.45) is 5.10 Å². The first-order valence-corrected chi connectivity index (χ1v) is 11.1. The van der Waals surface area contributed by atoms with Crippen molar-refractivity contribution in [1.82, 2.24) is 15.6 Å². The highest BCUT2D eigenvalue weighted by Crippen LogP contribution is 2.23. The highest BCUT2D eigenvalue weighted by molar-refractivity contribution is 6.31. The SMILES string of the molecule is CCOc1ccc(/C=N\NC(=O)c2cc(-c3ccc(OCc4ccccc4Cl)cc3)n[nH]2)cc1. The number of aromatic amines is 1. The molecule has 0 saturated carbocycles. The third kappa shape index (κ3) is 6.02. The number of hydrogen-bond donors (Lipinski definition) is 2. The number of H-pyrrole nitrogens is 1. The molecule has 0 unspecified atom stereocenters. The Bertz CT molecular complexity index is 1270. The molecule has 4 aromatic rings. The summed E-state index contributed by atoms with van der Waals surface area (Å²) >= 11 is 6.17. The number of aromatic nitrogens is 2. The molecule has 0 atom stereocenters. The summed E-state index contributed by atoms with van der Waals surface area (Å²) in [6.07, 6.45) is 1.56. The highest BCUT2D eigenvalue weighted by atomic mass is 35.5. The molecular formula is C26H23ClN4O3. The first-order chi connectivity index (χ1) is 16.6. The van der Waals surface area contributed by atoms with Crippen molar-refractivity contribution in [3.63, 3.8) is 0 Å². The van der Waals surface area contributed by atoms with Gasteiger partial charge in [0.15, 0.2) is 0 Å². The van der Waals surface area contributed by atoms with Gasteiger partial charge in [0.2, 0.25) is 0 Å². The van der Waals surface area contributed by atoms with Crippen LogP contribution in [0.4, 0.5) is 0 Å². The summed E-state index contributed by atoms with van der Waals surface area (Å²) in [5, 5.41) is 11.6. The van der Waals surface area contributed by atoms with E-state index < -0.39 is 0 Å². The normalized spacial score (nSPS) is 10.9. The van der Waals surface area contributed by atoms with E-state index in [1.54, 1.807) is 12.3 Å². The van der Waals surface area contributed by atoms with Crippen LogP contribution in [0.15, 0.2) is 84.0 Å². The molecule has 1 amide bonds. The number of halogens is 1. The van der Waals surface area contributed by atoms with Gasteiger partial charge >= 0.3 is 0 Å². The smallest absolute Gasteiger partial charge is 0.289 e. The van der Waals surface area contributed by atoms with Crippen molar-refractivity contribution in [3.05, 3.63) is 101 Å². The molecule has 0 radical (unpaired) electrons. The van der Waals surface area contributed by atoms with E-state index in [0.29, 0.717) is 35.4 Å². The van der Waals surface area contributed by atoms with Crippen LogP contribution in [0.3, 0.4) is 0 Å². The van der Waals surface area contributed by atoms with E-state index in [-0.39, 0.29) is 5.91 Å². The zero-order valence-corrected chi connectivity index (χ0v) is 19.3. The van der Waals surface area contributed by atoms with Crippen molar-refractivity contribution in [1.29, 1.82) is 0 Å². The summed E-state index contributed by atoms with van der Waals surface area (Å²) in [7, 11) is 0. The van der Waals surface area contributed by atoms with E-state index in [4.69, 9.17) is 21.1 Å². The van der Waals surface area contributed by atoms with Gasteiger partial charge in [-0.2, -0.15) is 10.2 Å². The Labute approximate surface area is 202 Å². The molecule has 0 aliphatic heterocycles. The van der Waals surface area contributed by atoms with Gasteiger partial charge in [-0.15, -0.1) is 0 Å². The molecule has 0 saturated heterocycles. The van der Waals surface area contributed by atoms with E-state index in [2.05, 4.69) is 20.7 Å². The van der Waals surface area contributed by atoms with E-state index in [0.717, 1.165) is 22.4 Å². The zero-order chi connectivity index (χ0) is 23.8. The average molecular weight is 475 g/mol. The lowest BCUT2D eigenvalue weighted by Crippen LogP contribution is -2.17. The summed E-state index contributed by atoms with van der Waals surface area (Å²) in [6.45, 7) is 2.92. The van der Waals surface area contributed by atoms with Crippen LogP contribution in [0, 0.1) is 0 Å². The fourth-order valence-corrected chi connectivity index (χ4v) is 3.32. The quantitative estimate of drug-likeness (QED) is 0.248. The van der Waals surface area contributed by atoms with Crippen LogP contribution < -0.4 is 14.9 Å². The molecule has 1 heterocycles. The predicted molar refractivity (Wildman–Crippen MR) is 132 cm³/mol. The molecule has 0 fully saturated rings. The van der Waals surface area contributed by atoms with Gasteiger partial charge in [0.1, 0.15) is 23.8 Å². The topological polar surface area (TPSA) is 88.6 Å². The molecule has 172 valence electrons. The van der Waals surface area contributed by atoms with Crippen molar-refractivity contribution < 1.29 is 14.3 Å². The minimum absolute atomic E-state index is 0.304. The van der Waals surface area contributed by atoms with E-state index in [9.17, 15) is 4.79 Å². The Kier molecular flexibility index (Phi) is 7.57. The molecule has 34 heavy (non-hydrogen) atoms. The number of nitrogens with one attached hydrogen (secondary N) is 2. The Balaban J connectivity index is 1.32. The predicted octanol–water partition coefficient (Wildman–Crippen LogP) is 5.47. The monoisotopic (exact) mass is 474 g/mol. The van der Waals surface area contributed by atoms with Crippen molar-refractivity contribution in [3.8, 4) is 22.8 Å². The maximum atomic E-state index is 12.4. The van der Waals surface area contributed by atoms with Crippen LogP contribution in [0.2, 0.25) is 5.02 Å². The third-order valence-corrected chi connectivity index (χ3v) is 5.26. The number of carbonyl (C=O) groups is 1. The second kappa shape index (κ2) is 11.2. The minimum Gasteiger partial charge on any atom is -0.494 e. The minimum atomic E-state index is -0.388. The van der Waals surface area contributed by atoms with Gasteiger partial charge in [-0.05, 0) is 73.2 Å². The van der Waals surface area contributed by atoms with Crippen molar-refractivity contribution >= 4 is 23.7 Å². The van der Waals surface area contributed by atoms with Crippen molar-refractivity contribution in [2.45, 2.75) is 13.5 Å². The number of rotatable bonds is 9. The van der Waals surface area contributed by atoms with Gasteiger partial charge in [0.25, 0.3) is 5.91 Å². The number of amides is 1. The number of benzene rings is 3. The van der Waals surface area contributed by atoms with Crippen LogP contribution in [0.25, 0.3) is 11.3 Å². The molecular weight excluding hydrogens is 452 g/mol. The van der Waals surface area contributed by atoms with E-state index in [1.807, 2.05) is 79.7 Å².